The number of piperidine rings is 1. The van der Waals surface area contributed by atoms with Crippen LogP contribution in [0.5, 0.6) is 0 Å². The van der Waals surface area contributed by atoms with Crippen molar-refractivity contribution < 1.29 is 5.11 Å². The Morgan fingerprint density at radius 2 is 2.17 bits per heavy atom. The van der Waals surface area contributed by atoms with Crippen LogP contribution in [0, 0.1) is 11.8 Å². The van der Waals surface area contributed by atoms with Crippen LogP contribution in [0.4, 0.5) is 0 Å². The van der Waals surface area contributed by atoms with Crippen LogP contribution < -0.4 is 0 Å². The molecule has 1 saturated heterocycles. The van der Waals surface area contributed by atoms with E-state index in [0.29, 0.717) is 24.5 Å². The number of rotatable bonds is 2. The third kappa shape index (κ3) is 2.20. The molecular weight excluding hydrogens is 150 g/mol. The molecule has 0 aromatic carbocycles. The number of aliphatic hydroxyl groups is 1. The van der Waals surface area contributed by atoms with Crippen molar-refractivity contribution in [1.29, 1.82) is 0 Å². The van der Waals surface area contributed by atoms with E-state index in [2.05, 4.69) is 25.7 Å². The van der Waals surface area contributed by atoms with Gasteiger partial charge in [0.15, 0.2) is 0 Å². The smallest absolute Gasteiger partial charge is 0.0462 e. The Kier molecular flexibility index (Phi) is 3.53. The van der Waals surface area contributed by atoms with Crippen molar-refractivity contribution in [2.45, 2.75) is 33.2 Å². The van der Waals surface area contributed by atoms with Crippen molar-refractivity contribution in [3.8, 4) is 0 Å². The minimum atomic E-state index is 0.368. The van der Waals surface area contributed by atoms with Crippen LogP contribution in [0.15, 0.2) is 0 Å². The Morgan fingerprint density at radius 1 is 1.50 bits per heavy atom. The van der Waals surface area contributed by atoms with Gasteiger partial charge in [-0.3, -0.25) is 0 Å². The molecule has 0 aromatic heterocycles. The number of likely N-dealkylation sites (tertiary alicyclic amines) is 1. The van der Waals surface area contributed by atoms with Crippen molar-refractivity contribution in [3.63, 3.8) is 0 Å². The first kappa shape index (κ1) is 10.0. The molecule has 0 amide bonds. The number of nitrogens with zero attached hydrogens (tertiary/aromatic N) is 1. The second kappa shape index (κ2) is 4.24. The summed E-state index contributed by atoms with van der Waals surface area (Å²) < 4.78 is 0. The summed E-state index contributed by atoms with van der Waals surface area (Å²) in [7, 11) is 0. The Labute approximate surface area is 75.6 Å². The highest BCUT2D eigenvalue weighted by molar-refractivity contribution is 4.78. The van der Waals surface area contributed by atoms with Gasteiger partial charge < -0.3 is 10.0 Å². The van der Waals surface area contributed by atoms with Gasteiger partial charge in [-0.25, -0.2) is 0 Å². The zero-order chi connectivity index (χ0) is 9.14. The van der Waals surface area contributed by atoms with Gasteiger partial charge in [0.25, 0.3) is 0 Å². The summed E-state index contributed by atoms with van der Waals surface area (Å²) in [6.45, 7) is 9.41. The topological polar surface area (TPSA) is 23.5 Å². The maximum Gasteiger partial charge on any atom is 0.0462 e. The minimum absolute atomic E-state index is 0.368. The van der Waals surface area contributed by atoms with Crippen molar-refractivity contribution in [1.82, 2.24) is 4.90 Å². The normalized spacial score (nSPS) is 32.8. The van der Waals surface area contributed by atoms with E-state index < -0.39 is 0 Å². The van der Waals surface area contributed by atoms with E-state index in [-0.39, 0.29) is 0 Å². The average molecular weight is 171 g/mol. The fraction of sp³-hybridized carbons (Fsp3) is 1.00. The van der Waals surface area contributed by atoms with E-state index in [1.165, 1.54) is 0 Å². The zero-order valence-electron chi connectivity index (χ0n) is 8.45. The molecule has 0 spiro atoms. The maximum atomic E-state index is 9.07. The molecule has 72 valence electrons. The van der Waals surface area contributed by atoms with Crippen molar-refractivity contribution in [2.24, 2.45) is 11.8 Å². The molecule has 0 aromatic rings. The molecule has 0 saturated carbocycles. The van der Waals surface area contributed by atoms with E-state index in [1.54, 1.807) is 0 Å². The number of hydrogen-bond acceptors (Lipinski definition) is 2. The summed E-state index contributed by atoms with van der Waals surface area (Å²) in [5.74, 6) is 1.20. The molecule has 1 N–H and O–H groups in total. The predicted molar refractivity (Wildman–Crippen MR) is 51.1 cm³/mol. The Hall–Kier alpha value is -0.0800. The molecule has 2 nitrogen and oxygen atoms in total. The minimum Gasteiger partial charge on any atom is -0.396 e. The van der Waals surface area contributed by atoms with E-state index in [9.17, 15) is 0 Å². The third-order valence-electron chi connectivity index (χ3n) is 3.08. The Morgan fingerprint density at radius 3 is 2.58 bits per heavy atom. The van der Waals surface area contributed by atoms with Crippen LogP contribution in [-0.4, -0.2) is 35.7 Å². The summed E-state index contributed by atoms with van der Waals surface area (Å²) in [5.41, 5.74) is 0. The lowest BCUT2D eigenvalue weighted by molar-refractivity contribution is 0.0673. The summed E-state index contributed by atoms with van der Waals surface area (Å²) in [6.07, 6.45) is 1.16. The van der Waals surface area contributed by atoms with Crippen LogP contribution >= 0.6 is 0 Å². The lowest BCUT2D eigenvalue weighted by Gasteiger charge is -2.38. The van der Waals surface area contributed by atoms with Crippen molar-refractivity contribution >= 4 is 0 Å². The molecule has 1 aliphatic rings. The molecule has 0 aliphatic carbocycles. The van der Waals surface area contributed by atoms with Gasteiger partial charge in [-0.05, 0) is 38.6 Å². The predicted octanol–water partition coefficient (Wildman–Crippen LogP) is 1.35. The lowest BCUT2D eigenvalue weighted by atomic mass is 9.87. The van der Waals surface area contributed by atoms with Crippen molar-refractivity contribution in [3.05, 3.63) is 0 Å². The van der Waals surface area contributed by atoms with Gasteiger partial charge in [0.1, 0.15) is 0 Å². The highest BCUT2D eigenvalue weighted by atomic mass is 16.3. The molecule has 2 heteroatoms. The quantitative estimate of drug-likeness (QED) is 0.678. The standard InChI is InChI=1S/C10H21NO/c1-8(2)11-5-4-10(7-12)9(3)6-11/h8-10,12H,4-7H2,1-3H3/t9-,10+/m1/s1. The van der Waals surface area contributed by atoms with Gasteiger partial charge in [-0.15, -0.1) is 0 Å². The fourth-order valence-electron chi connectivity index (χ4n) is 1.97. The van der Waals surface area contributed by atoms with Gasteiger partial charge in [-0.2, -0.15) is 0 Å². The Balaban J connectivity index is 2.40. The molecule has 0 unspecified atom stereocenters. The molecule has 12 heavy (non-hydrogen) atoms. The molecular formula is C10H21NO. The highest BCUT2D eigenvalue weighted by Gasteiger charge is 2.26. The van der Waals surface area contributed by atoms with Gasteiger partial charge in [0.05, 0.1) is 0 Å². The van der Waals surface area contributed by atoms with E-state index in [1.807, 2.05) is 0 Å². The SMILES string of the molecule is CC(C)N1CC[C@@H](CO)[C@H](C)C1. The van der Waals surface area contributed by atoms with E-state index in [0.717, 1.165) is 19.5 Å². The summed E-state index contributed by atoms with van der Waals surface area (Å²) >= 11 is 0. The average Bonchev–Trinajstić information content (AvgIpc) is 2.04. The van der Waals surface area contributed by atoms with Gasteiger partial charge in [0.2, 0.25) is 0 Å². The summed E-state index contributed by atoms with van der Waals surface area (Å²) in [6, 6.07) is 0.659. The monoisotopic (exact) mass is 171 g/mol. The van der Waals surface area contributed by atoms with Gasteiger partial charge in [-0.1, -0.05) is 6.92 Å². The molecule has 1 aliphatic heterocycles. The first-order chi connectivity index (χ1) is 5.65. The second-order valence-corrected chi connectivity index (χ2v) is 4.30. The largest absolute Gasteiger partial charge is 0.396 e. The van der Waals surface area contributed by atoms with Crippen LogP contribution in [0.3, 0.4) is 0 Å². The summed E-state index contributed by atoms with van der Waals surface area (Å²) in [4.78, 5) is 2.50. The second-order valence-electron chi connectivity index (χ2n) is 4.30. The Bertz CT molecular complexity index is 136. The third-order valence-corrected chi connectivity index (χ3v) is 3.08. The zero-order valence-corrected chi connectivity index (χ0v) is 8.45. The van der Waals surface area contributed by atoms with Crippen LogP contribution in [0.1, 0.15) is 27.2 Å². The number of aliphatic hydroxyl groups excluding tert-OH is 1. The molecule has 0 bridgehead atoms. The molecule has 0 radical (unpaired) electrons. The summed E-state index contributed by atoms with van der Waals surface area (Å²) in [5, 5.41) is 9.07. The maximum absolute atomic E-state index is 9.07. The van der Waals surface area contributed by atoms with Gasteiger partial charge in [0, 0.05) is 19.2 Å². The molecule has 1 rings (SSSR count). The lowest BCUT2D eigenvalue weighted by Crippen LogP contribution is -2.43. The molecule has 2 atom stereocenters. The van der Waals surface area contributed by atoms with Crippen LogP contribution in [0.25, 0.3) is 0 Å². The molecule has 1 heterocycles. The van der Waals surface area contributed by atoms with Crippen LogP contribution in [0.2, 0.25) is 0 Å². The number of hydrogen-bond donors (Lipinski definition) is 1. The van der Waals surface area contributed by atoms with Crippen LogP contribution in [-0.2, 0) is 0 Å². The van der Waals surface area contributed by atoms with E-state index >= 15 is 0 Å². The van der Waals surface area contributed by atoms with Crippen molar-refractivity contribution in [2.75, 3.05) is 19.7 Å². The van der Waals surface area contributed by atoms with Gasteiger partial charge >= 0.3 is 0 Å². The first-order valence-electron chi connectivity index (χ1n) is 5.00. The van der Waals surface area contributed by atoms with E-state index in [4.69, 9.17) is 5.11 Å². The molecule has 1 fully saturated rings. The highest BCUT2D eigenvalue weighted by Crippen LogP contribution is 2.23. The first-order valence-corrected chi connectivity index (χ1v) is 5.00. The fourth-order valence-corrected chi connectivity index (χ4v) is 1.97.